The number of nitrogens with zero attached hydrogens (tertiary/aromatic N) is 1. The average molecular weight is 420 g/mol. The minimum atomic E-state index is -3.72. The first-order valence-electron chi connectivity index (χ1n) is 9.34. The third-order valence-corrected chi connectivity index (χ3v) is 6.05. The molecule has 8 nitrogen and oxygen atoms in total. The summed E-state index contributed by atoms with van der Waals surface area (Å²) in [7, 11) is -2.26. The Balaban J connectivity index is 1.70. The van der Waals surface area contributed by atoms with Crippen molar-refractivity contribution in [2.45, 2.75) is 4.90 Å². The summed E-state index contributed by atoms with van der Waals surface area (Å²) in [4.78, 5) is 14.6. The van der Waals surface area contributed by atoms with Gasteiger partial charge in [-0.05, 0) is 30.3 Å². The average Bonchev–Trinajstić information content (AvgIpc) is 2.75. The van der Waals surface area contributed by atoms with Crippen LogP contribution >= 0.6 is 0 Å². The highest BCUT2D eigenvalue weighted by molar-refractivity contribution is 7.89. The maximum absolute atomic E-state index is 12.7. The second-order valence-corrected chi connectivity index (χ2v) is 8.30. The zero-order valence-electron chi connectivity index (χ0n) is 16.3. The van der Waals surface area contributed by atoms with E-state index in [9.17, 15) is 13.2 Å². The molecule has 0 radical (unpaired) electrons. The summed E-state index contributed by atoms with van der Waals surface area (Å²) < 4.78 is 38.5. The number of ether oxygens (including phenoxy) is 2. The highest BCUT2D eigenvalue weighted by Crippen LogP contribution is 2.28. The van der Waals surface area contributed by atoms with Crippen LogP contribution < -0.4 is 14.8 Å². The molecule has 156 valence electrons. The predicted molar refractivity (Wildman–Crippen MR) is 110 cm³/mol. The van der Waals surface area contributed by atoms with Crippen LogP contribution in [0.15, 0.2) is 53.4 Å². The first-order chi connectivity index (χ1) is 14.0. The second kappa shape index (κ2) is 9.84. The number of carbonyl (C=O) groups is 1. The van der Waals surface area contributed by atoms with Gasteiger partial charge in [-0.15, -0.1) is 0 Å². The number of anilines is 1. The number of morpholine rings is 1. The van der Waals surface area contributed by atoms with E-state index >= 15 is 0 Å². The van der Waals surface area contributed by atoms with E-state index in [1.165, 1.54) is 25.3 Å². The number of methoxy groups -OCH3 is 1. The first kappa shape index (κ1) is 21.3. The minimum Gasteiger partial charge on any atom is -0.495 e. The van der Waals surface area contributed by atoms with Gasteiger partial charge in [0.05, 0.1) is 30.9 Å². The van der Waals surface area contributed by atoms with E-state index in [4.69, 9.17) is 9.47 Å². The van der Waals surface area contributed by atoms with Gasteiger partial charge in [0.25, 0.3) is 5.91 Å². The van der Waals surface area contributed by atoms with E-state index in [0.717, 1.165) is 13.1 Å². The Morgan fingerprint density at radius 1 is 1.14 bits per heavy atom. The third-order valence-electron chi connectivity index (χ3n) is 4.59. The van der Waals surface area contributed by atoms with Crippen molar-refractivity contribution in [2.75, 3.05) is 51.8 Å². The van der Waals surface area contributed by atoms with Gasteiger partial charge in [-0.25, -0.2) is 13.1 Å². The van der Waals surface area contributed by atoms with Crippen LogP contribution in [-0.2, 0) is 14.8 Å². The number of carbonyl (C=O) groups excluding carboxylic acids is 1. The van der Waals surface area contributed by atoms with E-state index in [1.54, 1.807) is 24.3 Å². The maximum atomic E-state index is 12.7. The van der Waals surface area contributed by atoms with Crippen molar-refractivity contribution >= 4 is 21.6 Å². The second-order valence-electron chi connectivity index (χ2n) is 6.53. The fourth-order valence-electron chi connectivity index (χ4n) is 2.98. The molecule has 0 bridgehead atoms. The Kier molecular flexibility index (Phi) is 7.21. The Morgan fingerprint density at radius 3 is 2.55 bits per heavy atom. The van der Waals surface area contributed by atoms with Crippen molar-refractivity contribution in [1.29, 1.82) is 0 Å². The number of hydrogen-bond acceptors (Lipinski definition) is 6. The Bertz CT molecular complexity index is 928. The van der Waals surface area contributed by atoms with Crippen LogP contribution in [0.2, 0.25) is 0 Å². The molecule has 1 amide bonds. The Hall–Kier alpha value is -2.46. The molecule has 0 spiro atoms. The van der Waals surface area contributed by atoms with E-state index in [-0.39, 0.29) is 16.5 Å². The standard InChI is InChI=1S/C20H25N3O5S/c1-27-19-8-7-17(15-18(19)22-20(24)16-5-3-2-4-6-16)29(25,26)21-9-10-23-11-13-28-14-12-23/h2-8,15,21H,9-14H2,1H3,(H,22,24). The van der Waals surface area contributed by atoms with E-state index in [2.05, 4.69) is 14.9 Å². The smallest absolute Gasteiger partial charge is 0.255 e. The van der Waals surface area contributed by atoms with Gasteiger partial charge in [0, 0.05) is 31.7 Å². The molecule has 2 aromatic carbocycles. The van der Waals surface area contributed by atoms with Crippen LogP contribution in [0.5, 0.6) is 5.75 Å². The first-order valence-corrected chi connectivity index (χ1v) is 10.8. The van der Waals surface area contributed by atoms with Gasteiger partial charge < -0.3 is 14.8 Å². The largest absolute Gasteiger partial charge is 0.495 e. The predicted octanol–water partition coefficient (Wildman–Crippen LogP) is 1.56. The maximum Gasteiger partial charge on any atom is 0.255 e. The molecule has 0 saturated carbocycles. The summed E-state index contributed by atoms with van der Waals surface area (Å²) >= 11 is 0. The quantitative estimate of drug-likeness (QED) is 0.674. The Labute approximate surface area is 170 Å². The molecule has 1 aliphatic heterocycles. The fourth-order valence-corrected chi connectivity index (χ4v) is 4.03. The molecule has 0 aromatic heterocycles. The van der Waals surface area contributed by atoms with Gasteiger partial charge >= 0.3 is 0 Å². The molecular weight excluding hydrogens is 394 g/mol. The summed E-state index contributed by atoms with van der Waals surface area (Å²) in [6.45, 7) is 3.81. The lowest BCUT2D eigenvalue weighted by molar-refractivity contribution is 0.0390. The molecule has 1 aliphatic rings. The summed E-state index contributed by atoms with van der Waals surface area (Å²) in [5, 5.41) is 2.72. The number of hydrogen-bond donors (Lipinski definition) is 2. The Morgan fingerprint density at radius 2 is 1.86 bits per heavy atom. The normalized spacial score (nSPS) is 15.1. The number of amides is 1. The molecule has 2 aromatic rings. The molecule has 0 unspecified atom stereocenters. The number of nitrogens with one attached hydrogen (secondary N) is 2. The van der Waals surface area contributed by atoms with Crippen LogP contribution in [0.25, 0.3) is 0 Å². The van der Waals surface area contributed by atoms with Gasteiger partial charge in [-0.3, -0.25) is 9.69 Å². The lowest BCUT2D eigenvalue weighted by Gasteiger charge is -2.26. The highest BCUT2D eigenvalue weighted by Gasteiger charge is 2.19. The molecule has 1 heterocycles. The van der Waals surface area contributed by atoms with Crippen molar-refractivity contribution in [1.82, 2.24) is 9.62 Å². The molecular formula is C20H25N3O5S. The van der Waals surface area contributed by atoms with Crippen molar-refractivity contribution < 1.29 is 22.7 Å². The van der Waals surface area contributed by atoms with E-state index in [1.807, 2.05) is 6.07 Å². The molecule has 29 heavy (non-hydrogen) atoms. The van der Waals surface area contributed by atoms with Gasteiger partial charge in [-0.2, -0.15) is 0 Å². The van der Waals surface area contributed by atoms with Crippen molar-refractivity contribution in [3.8, 4) is 5.75 Å². The lowest BCUT2D eigenvalue weighted by Crippen LogP contribution is -2.41. The highest BCUT2D eigenvalue weighted by atomic mass is 32.2. The zero-order chi connectivity index (χ0) is 20.7. The van der Waals surface area contributed by atoms with Gasteiger partial charge in [0.15, 0.2) is 0 Å². The summed E-state index contributed by atoms with van der Waals surface area (Å²) in [6.07, 6.45) is 0. The number of sulfonamides is 1. The topological polar surface area (TPSA) is 97.0 Å². The third kappa shape index (κ3) is 5.77. The monoisotopic (exact) mass is 419 g/mol. The summed E-state index contributed by atoms with van der Waals surface area (Å²) in [6, 6.07) is 13.1. The van der Waals surface area contributed by atoms with Crippen LogP contribution in [-0.4, -0.2) is 65.7 Å². The molecule has 0 atom stereocenters. The SMILES string of the molecule is COc1ccc(S(=O)(=O)NCCN2CCOCC2)cc1NC(=O)c1ccccc1. The van der Waals surface area contributed by atoms with Gasteiger partial charge in [-0.1, -0.05) is 18.2 Å². The molecule has 1 saturated heterocycles. The van der Waals surface area contributed by atoms with Crippen LogP contribution in [0.4, 0.5) is 5.69 Å². The molecule has 9 heteroatoms. The van der Waals surface area contributed by atoms with Crippen LogP contribution in [0, 0.1) is 0 Å². The number of rotatable bonds is 8. The van der Waals surface area contributed by atoms with E-state index in [0.29, 0.717) is 37.6 Å². The van der Waals surface area contributed by atoms with E-state index < -0.39 is 10.0 Å². The zero-order valence-corrected chi connectivity index (χ0v) is 17.1. The summed E-state index contributed by atoms with van der Waals surface area (Å²) in [5.41, 5.74) is 0.754. The van der Waals surface area contributed by atoms with Crippen molar-refractivity contribution in [3.05, 3.63) is 54.1 Å². The van der Waals surface area contributed by atoms with Gasteiger partial charge in [0.1, 0.15) is 5.75 Å². The summed E-state index contributed by atoms with van der Waals surface area (Å²) in [5.74, 6) is 0.0280. The fraction of sp³-hybridized carbons (Fsp3) is 0.350. The van der Waals surface area contributed by atoms with Crippen molar-refractivity contribution in [3.63, 3.8) is 0 Å². The van der Waals surface area contributed by atoms with Crippen LogP contribution in [0.1, 0.15) is 10.4 Å². The number of benzene rings is 2. The van der Waals surface area contributed by atoms with Gasteiger partial charge in [0.2, 0.25) is 10.0 Å². The van der Waals surface area contributed by atoms with Crippen molar-refractivity contribution in [2.24, 2.45) is 0 Å². The molecule has 3 rings (SSSR count). The van der Waals surface area contributed by atoms with Crippen LogP contribution in [0.3, 0.4) is 0 Å². The molecule has 1 fully saturated rings. The minimum absolute atomic E-state index is 0.0589. The lowest BCUT2D eigenvalue weighted by atomic mass is 10.2. The molecule has 0 aliphatic carbocycles. The molecule has 2 N–H and O–H groups in total.